The highest BCUT2D eigenvalue weighted by Gasteiger charge is 2.31. The summed E-state index contributed by atoms with van der Waals surface area (Å²) in [4.78, 5) is 20.4. The number of piperazine rings is 1. The van der Waals surface area contributed by atoms with Crippen molar-refractivity contribution < 1.29 is 22.4 Å². The Morgan fingerprint density at radius 3 is 2.52 bits per heavy atom. The molecule has 0 spiro atoms. The van der Waals surface area contributed by atoms with E-state index in [1.807, 2.05) is 4.90 Å². The molecule has 33 heavy (non-hydrogen) atoms. The highest BCUT2D eigenvalue weighted by atomic mass is 35.5. The Bertz CT molecular complexity index is 1140. The minimum Gasteiger partial charge on any atom is -0.441 e. The molecule has 3 aromatic rings. The standard InChI is InChI=1S/C23H20Cl2F3N3O2/c24-16-4-5-18(19(25)13-16)20-14-29-21(33-20)6-7-22(32)31-10-8-30(9-11-31)17-3-1-2-15(12-17)23(26,27)28/h1-5,12-14H,6-11H2. The Morgan fingerprint density at radius 2 is 1.82 bits per heavy atom. The molecule has 0 aliphatic carbocycles. The first kappa shape index (κ1) is 23.4. The van der Waals surface area contributed by atoms with Crippen LogP contribution in [0.1, 0.15) is 17.9 Å². The van der Waals surface area contributed by atoms with Gasteiger partial charge in [-0.15, -0.1) is 0 Å². The van der Waals surface area contributed by atoms with E-state index in [1.54, 1.807) is 35.4 Å². The molecule has 0 atom stereocenters. The number of aromatic nitrogens is 1. The van der Waals surface area contributed by atoms with Crippen LogP contribution in [0.4, 0.5) is 18.9 Å². The summed E-state index contributed by atoms with van der Waals surface area (Å²) in [5.41, 5.74) is 0.491. The number of carbonyl (C=O) groups is 1. The van der Waals surface area contributed by atoms with E-state index in [9.17, 15) is 18.0 Å². The number of aryl methyl sites for hydroxylation is 1. The van der Waals surface area contributed by atoms with Crippen LogP contribution in [-0.2, 0) is 17.4 Å². The van der Waals surface area contributed by atoms with E-state index in [0.29, 0.717) is 65.5 Å². The lowest BCUT2D eigenvalue weighted by Gasteiger charge is -2.36. The molecule has 1 aliphatic rings. The molecule has 2 heterocycles. The first-order valence-corrected chi connectivity index (χ1v) is 11.1. The number of alkyl halides is 3. The van der Waals surface area contributed by atoms with Gasteiger partial charge in [0.15, 0.2) is 11.7 Å². The van der Waals surface area contributed by atoms with Crippen LogP contribution in [0.15, 0.2) is 53.1 Å². The largest absolute Gasteiger partial charge is 0.441 e. The number of carbonyl (C=O) groups excluding carboxylic acids is 1. The third-order valence-electron chi connectivity index (χ3n) is 5.47. The summed E-state index contributed by atoms with van der Waals surface area (Å²) < 4.78 is 44.6. The van der Waals surface area contributed by atoms with Crippen molar-refractivity contribution in [2.75, 3.05) is 31.1 Å². The van der Waals surface area contributed by atoms with Crippen LogP contribution in [0.25, 0.3) is 11.3 Å². The van der Waals surface area contributed by atoms with Gasteiger partial charge in [-0.3, -0.25) is 4.79 Å². The topological polar surface area (TPSA) is 49.6 Å². The van der Waals surface area contributed by atoms with E-state index < -0.39 is 11.7 Å². The molecule has 2 aromatic carbocycles. The van der Waals surface area contributed by atoms with Crippen molar-refractivity contribution in [1.82, 2.24) is 9.88 Å². The van der Waals surface area contributed by atoms with Gasteiger partial charge >= 0.3 is 6.18 Å². The Kier molecular flexibility index (Phi) is 6.86. The molecule has 0 bridgehead atoms. The molecule has 174 valence electrons. The van der Waals surface area contributed by atoms with Crippen molar-refractivity contribution in [2.45, 2.75) is 19.0 Å². The number of amides is 1. The lowest BCUT2D eigenvalue weighted by atomic mass is 10.1. The molecule has 1 saturated heterocycles. The van der Waals surface area contributed by atoms with Crippen molar-refractivity contribution in [2.24, 2.45) is 0 Å². The van der Waals surface area contributed by atoms with Gasteiger partial charge in [-0.2, -0.15) is 13.2 Å². The monoisotopic (exact) mass is 497 g/mol. The maximum Gasteiger partial charge on any atom is 0.416 e. The molecule has 1 aromatic heterocycles. The number of hydrogen-bond acceptors (Lipinski definition) is 4. The summed E-state index contributed by atoms with van der Waals surface area (Å²) in [5.74, 6) is 0.865. The Balaban J connectivity index is 1.30. The van der Waals surface area contributed by atoms with Crippen molar-refractivity contribution in [1.29, 1.82) is 0 Å². The summed E-state index contributed by atoms with van der Waals surface area (Å²) in [6.45, 7) is 1.80. The van der Waals surface area contributed by atoms with Crippen LogP contribution in [0.3, 0.4) is 0 Å². The average molecular weight is 498 g/mol. The molecule has 10 heteroatoms. The molecule has 0 radical (unpaired) electrons. The fourth-order valence-electron chi connectivity index (χ4n) is 3.70. The molecular weight excluding hydrogens is 478 g/mol. The molecule has 1 fully saturated rings. The van der Waals surface area contributed by atoms with Crippen molar-refractivity contribution in [3.63, 3.8) is 0 Å². The maximum absolute atomic E-state index is 13.0. The number of benzene rings is 2. The van der Waals surface area contributed by atoms with Crippen LogP contribution < -0.4 is 4.90 Å². The molecule has 1 aliphatic heterocycles. The molecule has 0 unspecified atom stereocenters. The lowest BCUT2D eigenvalue weighted by Crippen LogP contribution is -2.48. The number of hydrogen-bond donors (Lipinski definition) is 0. The third-order valence-corrected chi connectivity index (χ3v) is 6.02. The molecule has 0 saturated carbocycles. The van der Waals surface area contributed by atoms with Gasteiger partial charge in [-0.1, -0.05) is 29.3 Å². The first-order valence-electron chi connectivity index (χ1n) is 10.3. The molecule has 1 amide bonds. The van der Waals surface area contributed by atoms with Gasteiger partial charge < -0.3 is 14.2 Å². The summed E-state index contributed by atoms with van der Waals surface area (Å²) in [7, 11) is 0. The lowest BCUT2D eigenvalue weighted by molar-refractivity contribution is -0.137. The Morgan fingerprint density at radius 1 is 1.06 bits per heavy atom. The van der Waals surface area contributed by atoms with Crippen molar-refractivity contribution >= 4 is 34.8 Å². The fraction of sp³-hybridized carbons (Fsp3) is 0.304. The third kappa shape index (κ3) is 5.62. The zero-order chi connectivity index (χ0) is 23.6. The van der Waals surface area contributed by atoms with Crippen LogP contribution in [0.2, 0.25) is 10.0 Å². The predicted octanol–water partition coefficient (Wildman–Crippen LogP) is 5.95. The van der Waals surface area contributed by atoms with Crippen LogP contribution in [-0.4, -0.2) is 42.0 Å². The predicted molar refractivity (Wildman–Crippen MR) is 121 cm³/mol. The van der Waals surface area contributed by atoms with Gasteiger partial charge in [0.1, 0.15) is 0 Å². The Labute approximate surface area is 198 Å². The van der Waals surface area contributed by atoms with Gasteiger partial charge in [0, 0.05) is 55.3 Å². The smallest absolute Gasteiger partial charge is 0.416 e. The minimum absolute atomic E-state index is 0.0528. The van der Waals surface area contributed by atoms with E-state index in [1.165, 1.54) is 6.07 Å². The molecule has 5 nitrogen and oxygen atoms in total. The average Bonchev–Trinajstić information content (AvgIpc) is 3.26. The van der Waals surface area contributed by atoms with Gasteiger partial charge in [-0.05, 0) is 36.4 Å². The zero-order valence-electron chi connectivity index (χ0n) is 17.4. The van der Waals surface area contributed by atoms with Gasteiger partial charge in [0.2, 0.25) is 5.91 Å². The highest BCUT2D eigenvalue weighted by molar-refractivity contribution is 6.36. The first-order chi connectivity index (χ1) is 15.7. The molecule has 0 N–H and O–H groups in total. The zero-order valence-corrected chi connectivity index (χ0v) is 18.9. The SMILES string of the molecule is O=C(CCc1ncc(-c2ccc(Cl)cc2Cl)o1)N1CCN(c2cccc(C(F)(F)F)c2)CC1. The van der Waals surface area contributed by atoms with Crippen LogP contribution in [0.5, 0.6) is 0 Å². The normalized spacial score (nSPS) is 14.6. The molecular formula is C23H20Cl2F3N3O2. The van der Waals surface area contributed by atoms with E-state index in [-0.39, 0.29) is 12.3 Å². The Hall–Kier alpha value is -2.71. The second-order valence-electron chi connectivity index (χ2n) is 7.66. The van der Waals surface area contributed by atoms with Gasteiger partial charge in [-0.25, -0.2) is 4.98 Å². The quantitative estimate of drug-likeness (QED) is 0.437. The van der Waals surface area contributed by atoms with Crippen molar-refractivity contribution in [3.05, 3.63) is 70.2 Å². The molecule has 4 rings (SSSR count). The second kappa shape index (κ2) is 9.65. The van der Waals surface area contributed by atoms with Crippen molar-refractivity contribution in [3.8, 4) is 11.3 Å². The number of anilines is 1. The number of nitrogens with zero attached hydrogens (tertiary/aromatic N) is 3. The second-order valence-corrected chi connectivity index (χ2v) is 8.50. The number of oxazole rings is 1. The maximum atomic E-state index is 13.0. The van der Waals surface area contributed by atoms with E-state index in [0.717, 1.165) is 12.1 Å². The van der Waals surface area contributed by atoms with E-state index in [4.69, 9.17) is 27.6 Å². The number of halogens is 5. The summed E-state index contributed by atoms with van der Waals surface area (Å²) in [5, 5.41) is 0.960. The number of rotatable bonds is 5. The summed E-state index contributed by atoms with van der Waals surface area (Å²) in [6.07, 6.45) is -2.27. The fourth-order valence-corrected chi connectivity index (χ4v) is 4.21. The minimum atomic E-state index is -4.38. The van der Waals surface area contributed by atoms with Gasteiger partial charge in [0.25, 0.3) is 0 Å². The summed E-state index contributed by atoms with van der Waals surface area (Å²) in [6, 6.07) is 10.3. The van der Waals surface area contributed by atoms with E-state index in [2.05, 4.69) is 4.98 Å². The summed E-state index contributed by atoms with van der Waals surface area (Å²) >= 11 is 12.1. The van der Waals surface area contributed by atoms with Crippen LogP contribution >= 0.6 is 23.2 Å². The van der Waals surface area contributed by atoms with Crippen LogP contribution in [0, 0.1) is 0 Å². The van der Waals surface area contributed by atoms with E-state index >= 15 is 0 Å². The van der Waals surface area contributed by atoms with Gasteiger partial charge in [0.05, 0.1) is 16.8 Å². The highest BCUT2D eigenvalue weighted by Crippen LogP contribution is 2.32.